The van der Waals surface area contributed by atoms with Crippen LogP contribution in [0.25, 0.3) is 39.7 Å². The third-order valence-electron chi connectivity index (χ3n) is 4.76. The third kappa shape index (κ3) is 3.85. The topological polar surface area (TPSA) is 172 Å². The van der Waals surface area contributed by atoms with Gasteiger partial charge in [0.15, 0.2) is 5.82 Å². The van der Waals surface area contributed by atoms with Gasteiger partial charge in [0.25, 0.3) is 0 Å². The largest absolute Gasteiger partial charge is 0.497 e. The summed E-state index contributed by atoms with van der Waals surface area (Å²) in [6.45, 7) is 1.78. The predicted octanol–water partition coefficient (Wildman–Crippen LogP) is 1.96. The average Bonchev–Trinajstić information content (AvgIpc) is 3.47. The Balaban J connectivity index is 0.00000119. The molecular weight excluding hydrogens is 408 g/mol. The number of nitrogens with zero attached hydrogens (tertiary/aromatic N) is 6. The summed E-state index contributed by atoms with van der Waals surface area (Å²) in [4.78, 5) is 17.7. The van der Waals surface area contributed by atoms with Gasteiger partial charge in [-0.3, -0.25) is 21.2 Å². The van der Waals surface area contributed by atoms with Crippen molar-refractivity contribution in [2.24, 2.45) is 11.7 Å². The van der Waals surface area contributed by atoms with Gasteiger partial charge in [-0.2, -0.15) is 15.1 Å². The number of hydrazine groups is 1. The van der Waals surface area contributed by atoms with E-state index >= 15 is 0 Å². The van der Waals surface area contributed by atoms with Crippen LogP contribution in [-0.4, -0.2) is 41.6 Å². The highest BCUT2D eigenvalue weighted by Gasteiger charge is 2.21. The number of nitrogens with two attached hydrogens (primary N) is 3. The fourth-order valence-corrected chi connectivity index (χ4v) is 3.39. The van der Waals surface area contributed by atoms with Crippen LogP contribution in [0.15, 0.2) is 54.9 Å². The molecule has 0 aliphatic carbocycles. The maximum atomic E-state index is 5.90. The zero-order valence-electron chi connectivity index (χ0n) is 17.5. The van der Waals surface area contributed by atoms with Gasteiger partial charge in [-0.25, -0.2) is 9.97 Å². The summed E-state index contributed by atoms with van der Waals surface area (Å²) < 4.78 is 7.22. The number of ether oxygens (including phenoxy) is 1. The number of benzene rings is 1. The van der Waals surface area contributed by atoms with E-state index < -0.39 is 0 Å². The van der Waals surface area contributed by atoms with Crippen molar-refractivity contribution >= 4 is 11.6 Å². The van der Waals surface area contributed by atoms with Crippen molar-refractivity contribution in [2.75, 3.05) is 12.8 Å². The van der Waals surface area contributed by atoms with E-state index in [1.807, 2.05) is 53.1 Å². The number of aromatic nitrogens is 7. The Morgan fingerprint density at radius 2 is 1.66 bits per heavy atom. The molecule has 0 aliphatic rings. The molecule has 0 aliphatic heterocycles. The summed E-state index contributed by atoms with van der Waals surface area (Å²) in [6, 6.07) is 13.7. The molecule has 0 fully saturated rings. The van der Waals surface area contributed by atoms with Gasteiger partial charge >= 0.3 is 0 Å². The van der Waals surface area contributed by atoms with Gasteiger partial charge in [-0.1, -0.05) is 12.1 Å². The van der Waals surface area contributed by atoms with Gasteiger partial charge in [0, 0.05) is 12.4 Å². The Labute approximate surface area is 183 Å². The van der Waals surface area contributed by atoms with Crippen molar-refractivity contribution in [1.82, 2.24) is 34.5 Å². The van der Waals surface area contributed by atoms with E-state index in [4.69, 9.17) is 15.5 Å². The normalized spacial score (nSPS) is 10.6. The van der Waals surface area contributed by atoms with Crippen LogP contribution in [0.3, 0.4) is 0 Å². The molecule has 5 rings (SSSR count). The summed E-state index contributed by atoms with van der Waals surface area (Å²) in [5.74, 6) is 9.94. The first kappa shape index (κ1) is 20.9. The Hall–Kier alpha value is -4.35. The molecule has 11 heteroatoms. The second kappa shape index (κ2) is 8.79. The number of methoxy groups -OCH3 is 1. The van der Waals surface area contributed by atoms with Gasteiger partial charge in [0.05, 0.1) is 7.11 Å². The monoisotopic (exact) mass is 430 g/mol. The van der Waals surface area contributed by atoms with Gasteiger partial charge < -0.3 is 10.5 Å². The van der Waals surface area contributed by atoms with Crippen molar-refractivity contribution in [3.63, 3.8) is 0 Å². The van der Waals surface area contributed by atoms with Gasteiger partial charge in [-0.15, -0.1) is 0 Å². The Morgan fingerprint density at radius 3 is 2.31 bits per heavy atom. The van der Waals surface area contributed by atoms with Gasteiger partial charge in [0.1, 0.15) is 34.3 Å². The second-order valence-corrected chi connectivity index (χ2v) is 6.71. The number of hydrogen-bond donors (Lipinski definition) is 4. The summed E-state index contributed by atoms with van der Waals surface area (Å²) in [5, 5.41) is 7.13. The van der Waals surface area contributed by atoms with Gasteiger partial charge in [0.2, 0.25) is 5.95 Å². The molecule has 32 heavy (non-hydrogen) atoms. The molecule has 0 saturated carbocycles. The van der Waals surface area contributed by atoms with Crippen molar-refractivity contribution in [1.29, 1.82) is 0 Å². The highest BCUT2D eigenvalue weighted by molar-refractivity contribution is 5.79. The zero-order chi connectivity index (χ0) is 22.7. The minimum atomic E-state index is 0.159. The van der Waals surface area contributed by atoms with Crippen LogP contribution in [0.2, 0.25) is 0 Å². The Bertz CT molecular complexity index is 1320. The lowest BCUT2D eigenvalue weighted by molar-refractivity contribution is 0.415. The van der Waals surface area contributed by atoms with E-state index in [1.165, 1.54) is 0 Å². The van der Waals surface area contributed by atoms with Crippen LogP contribution in [0.1, 0.15) is 5.82 Å². The molecule has 7 N–H and O–H groups in total. The summed E-state index contributed by atoms with van der Waals surface area (Å²) in [5.41, 5.74) is 10.8. The van der Waals surface area contributed by atoms with Crippen molar-refractivity contribution < 1.29 is 4.74 Å². The van der Waals surface area contributed by atoms with E-state index in [1.54, 1.807) is 20.2 Å². The predicted molar refractivity (Wildman–Crippen MR) is 121 cm³/mol. The summed E-state index contributed by atoms with van der Waals surface area (Å²) >= 11 is 0. The molecule has 0 spiro atoms. The number of anilines is 1. The van der Waals surface area contributed by atoms with E-state index in [0.29, 0.717) is 28.7 Å². The number of fused-ring (bicyclic) bond motifs is 1. The molecule has 0 bridgehead atoms. The van der Waals surface area contributed by atoms with Gasteiger partial charge in [-0.05, 0) is 48.4 Å². The fourth-order valence-electron chi connectivity index (χ4n) is 3.39. The maximum Gasteiger partial charge on any atom is 0.223 e. The smallest absolute Gasteiger partial charge is 0.223 e. The molecule has 0 amide bonds. The van der Waals surface area contributed by atoms with E-state index in [0.717, 1.165) is 22.5 Å². The van der Waals surface area contributed by atoms with Crippen LogP contribution in [0.5, 0.6) is 5.75 Å². The third-order valence-corrected chi connectivity index (χ3v) is 4.76. The summed E-state index contributed by atoms with van der Waals surface area (Å²) in [6.07, 6.45) is 3.75. The molecule has 5 aromatic rings. The first-order valence-corrected chi connectivity index (χ1v) is 9.61. The first-order chi connectivity index (χ1) is 15.6. The van der Waals surface area contributed by atoms with Crippen molar-refractivity contribution in [3.8, 4) is 39.8 Å². The molecule has 0 unspecified atom stereocenters. The number of nitrogen functional groups attached to an aromatic ring is 1. The lowest BCUT2D eigenvalue weighted by Crippen LogP contribution is -2.04. The van der Waals surface area contributed by atoms with E-state index in [-0.39, 0.29) is 5.95 Å². The molecule has 0 saturated heterocycles. The van der Waals surface area contributed by atoms with Crippen LogP contribution in [-0.2, 0) is 0 Å². The molecule has 162 valence electrons. The number of hydrogen-bond acceptors (Lipinski definition) is 9. The number of rotatable bonds is 4. The van der Waals surface area contributed by atoms with Crippen LogP contribution in [0, 0.1) is 6.92 Å². The van der Waals surface area contributed by atoms with E-state index in [9.17, 15) is 0 Å². The highest BCUT2D eigenvalue weighted by atomic mass is 16.5. The number of pyridine rings is 1. The summed E-state index contributed by atoms with van der Waals surface area (Å²) in [7, 11) is 1.65. The molecular formula is C21H22N10O. The van der Waals surface area contributed by atoms with Crippen molar-refractivity contribution in [2.45, 2.75) is 6.92 Å². The number of H-pyrrole nitrogens is 1. The van der Waals surface area contributed by atoms with Crippen LogP contribution < -0.4 is 22.2 Å². The molecule has 0 radical (unpaired) electrons. The zero-order valence-corrected chi connectivity index (χ0v) is 17.5. The highest BCUT2D eigenvalue weighted by Crippen LogP contribution is 2.32. The minimum Gasteiger partial charge on any atom is -0.497 e. The van der Waals surface area contributed by atoms with Crippen molar-refractivity contribution in [3.05, 3.63) is 60.7 Å². The lowest BCUT2D eigenvalue weighted by Gasteiger charge is -2.07. The maximum absolute atomic E-state index is 5.90. The molecule has 4 heterocycles. The lowest BCUT2D eigenvalue weighted by atomic mass is 10.1. The molecule has 4 aromatic heterocycles. The average molecular weight is 430 g/mol. The number of imidazole rings is 1. The Kier molecular flexibility index (Phi) is 5.75. The van der Waals surface area contributed by atoms with Crippen LogP contribution in [0.4, 0.5) is 5.95 Å². The standard InChI is InChI=1S/C21H18N8O.H4N2/c1-12-24-20(27-21(22)25-12)19-18(16-9-10-23-28-16)26-17-8-5-14(11-29(17)19)13-3-6-15(30-2)7-4-13;1-2/h3-11H,1-2H3,(H,23,28)(H2,22,24,25,27);1-2H2. The number of aryl methyl sites for hydroxylation is 1. The molecule has 0 atom stereocenters. The quantitative estimate of drug-likeness (QED) is 0.245. The number of aromatic amines is 1. The molecule has 1 aromatic carbocycles. The SMILES string of the molecule is COc1ccc(-c2ccc3nc(-c4cc[nH]n4)c(-c4nc(C)nc(N)n4)n3c2)cc1.NN. The fraction of sp³-hybridized carbons (Fsp3) is 0.0952. The van der Waals surface area contributed by atoms with Crippen LogP contribution >= 0.6 is 0 Å². The Morgan fingerprint density at radius 1 is 0.906 bits per heavy atom. The minimum absolute atomic E-state index is 0.159. The second-order valence-electron chi connectivity index (χ2n) is 6.71. The van der Waals surface area contributed by atoms with E-state index in [2.05, 4.69) is 36.8 Å². The number of nitrogens with one attached hydrogen (secondary N) is 1. The first-order valence-electron chi connectivity index (χ1n) is 9.61. The molecule has 11 nitrogen and oxygen atoms in total.